The van der Waals surface area contributed by atoms with Crippen LogP contribution in [0.4, 0.5) is 0 Å². The van der Waals surface area contributed by atoms with E-state index in [2.05, 4.69) is 33.8 Å². The Bertz CT molecular complexity index is 485. The normalized spacial score (nSPS) is 17.8. The molecule has 1 atom stereocenters. The number of nitrogens with zero attached hydrogens (tertiary/aromatic N) is 2. The molecule has 84 valence electrons. The lowest BCUT2D eigenvalue weighted by atomic mass is 10.2. The molecule has 2 heterocycles. The standard InChI is InChI=1S/C13H17N3/c1-10(11-5-6-11)15-9-12-3-2-4-13-14-7-8-16(12)13/h2-4,7-8,10-11,15H,5-6,9H2,1H3. The second-order valence-electron chi connectivity index (χ2n) is 4.68. The molecule has 1 saturated carbocycles. The number of aromatic nitrogens is 2. The van der Waals surface area contributed by atoms with E-state index in [-0.39, 0.29) is 0 Å². The number of hydrogen-bond acceptors (Lipinski definition) is 2. The third kappa shape index (κ3) is 1.83. The fourth-order valence-electron chi connectivity index (χ4n) is 2.18. The first kappa shape index (κ1) is 9.85. The zero-order valence-corrected chi connectivity index (χ0v) is 9.56. The van der Waals surface area contributed by atoms with Crippen LogP contribution in [0.5, 0.6) is 0 Å². The SMILES string of the molecule is CC(NCc1cccc2nccn12)C1CC1. The second-order valence-corrected chi connectivity index (χ2v) is 4.68. The second kappa shape index (κ2) is 3.91. The minimum atomic E-state index is 0.638. The summed E-state index contributed by atoms with van der Waals surface area (Å²) in [4.78, 5) is 4.29. The maximum absolute atomic E-state index is 4.29. The summed E-state index contributed by atoms with van der Waals surface area (Å²) in [5.74, 6) is 0.905. The summed E-state index contributed by atoms with van der Waals surface area (Å²) >= 11 is 0. The van der Waals surface area contributed by atoms with Crippen molar-refractivity contribution in [2.45, 2.75) is 32.4 Å². The van der Waals surface area contributed by atoms with Crippen LogP contribution >= 0.6 is 0 Å². The summed E-state index contributed by atoms with van der Waals surface area (Å²) in [5, 5.41) is 3.59. The van der Waals surface area contributed by atoms with Gasteiger partial charge in [-0.05, 0) is 37.8 Å². The van der Waals surface area contributed by atoms with Crippen molar-refractivity contribution in [1.82, 2.24) is 14.7 Å². The Morgan fingerprint density at radius 1 is 1.50 bits per heavy atom. The van der Waals surface area contributed by atoms with E-state index in [0.717, 1.165) is 18.1 Å². The molecule has 0 aliphatic heterocycles. The van der Waals surface area contributed by atoms with E-state index in [1.54, 1.807) is 0 Å². The molecule has 3 nitrogen and oxygen atoms in total. The van der Waals surface area contributed by atoms with E-state index >= 15 is 0 Å². The number of pyridine rings is 1. The largest absolute Gasteiger partial charge is 0.308 e. The Hall–Kier alpha value is -1.35. The molecule has 1 unspecified atom stereocenters. The first-order valence-corrected chi connectivity index (χ1v) is 5.99. The van der Waals surface area contributed by atoms with Crippen molar-refractivity contribution in [3.05, 3.63) is 36.3 Å². The van der Waals surface area contributed by atoms with Crippen LogP contribution in [0.25, 0.3) is 5.65 Å². The lowest BCUT2D eigenvalue weighted by Gasteiger charge is -2.13. The Labute approximate surface area is 95.5 Å². The summed E-state index contributed by atoms with van der Waals surface area (Å²) in [5.41, 5.74) is 2.31. The zero-order valence-electron chi connectivity index (χ0n) is 9.56. The highest BCUT2D eigenvalue weighted by molar-refractivity contribution is 5.39. The van der Waals surface area contributed by atoms with Gasteiger partial charge in [0, 0.05) is 30.7 Å². The smallest absolute Gasteiger partial charge is 0.136 e. The van der Waals surface area contributed by atoms with E-state index in [0.29, 0.717) is 6.04 Å². The molecule has 0 aromatic carbocycles. The van der Waals surface area contributed by atoms with Gasteiger partial charge in [-0.2, -0.15) is 0 Å². The highest BCUT2D eigenvalue weighted by atomic mass is 15.0. The van der Waals surface area contributed by atoms with Crippen LogP contribution in [0, 0.1) is 5.92 Å². The maximum atomic E-state index is 4.29. The molecule has 1 N–H and O–H groups in total. The molecule has 0 saturated heterocycles. The van der Waals surface area contributed by atoms with E-state index in [1.165, 1.54) is 18.5 Å². The van der Waals surface area contributed by atoms with Crippen molar-refractivity contribution in [3.8, 4) is 0 Å². The van der Waals surface area contributed by atoms with Crippen LogP contribution in [0.2, 0.25) is 0 Å². The minimum Gasteiger partial charge on any atom is -0.308 e. The lowest BCUT2D eigenvalue weighted by molar-refractivity contribution is 0.491. The molecule has 2 aromatic heterocycles. The van der Waals surface area contributed by atoms with E-state index in [4.69, 9.17) is 0 Å². The Kier molecular flexibility index (Phi) is 2.40. The van der Waals surface area contributed by atoms with Gasteiger partial charge in [-0.25, -0.2) is 4.98 Å². The fourth-order valence-corrected chi connectivity index (χ4v) is 2.18. The van der Waals surface area contributed by atoms with Crippen LogP contribution in [0.3, 0.4) is 0 Å². The van der Waals surface area contributed by atoms with Gasteiger partial charge in [0.05, 0.1) is 0 Å². The van der Waals surface area contributed by atoms with E-state index < -0.39 is 0 Å². The van der Waals surface area contributed by atoms with Gasteiger partial charge in [-0.15, -0.1) is 0 Å². The monoisotopic (exact) mass is 215 g/mol. The van der Waals surface area contributed by atoms with Crippen molar-refractivity contribution in [1.29, 1.82) is 0 Å². The first-order valence-electron chi connectivity index (χ1n) is 5.99. The molecule has 16 heavy (non-hydrogen) atoms. The Morgan fingerprint density at radius 3 is 3.19 bits per heavy atom. The van der Waals surface area contributed by atoms with Gasteiger partial charge in [0.15, 0.2) is 0 Å². The van der Waals surface area contributed by atoms with Crippen molar-refractivity contribution < 1.29 is 0 Å². The van der Waals surface area contributed by atoms with Crippen LogP contribution in [0.15, 0.2) is 30.6 Å². The third-order valence-electron chi connectivity index (χ3n) is 3.45. The van der Waals surface area contributed by atoms with Gasteiger partial charge >= 0.3 is 0 Å². The molecule has 1 fully saturated rings. The van der Waals surface area contributed by atoms with Crippen LogP contribution in [-0.4, -0.2) is 15.4 Å². The molecule has 0 spiro atoms. The predicted octanol–water partition coefficient (Wildman–Crippen LogP) is 2.22. The molecule has 0 amide bonds. The molecule has 1 aliphatic rings. The quantitative estimate of drug-likeness (QED) is 0.847. The Balaban J connectivity index is 1.75. The highest BCUT2D eigenvalue weighted by Gasteiger charge is 2.27. The highest BCUT2D eigenvalue weighted by Crippen LogP contribution is 2.32. The average Bonchev–Trinajstić information content (AvgIpc) is 3.04. The molecular weight excluding hydrogens is 198 g/mol. The first-order chi connectivity index (χ1) is 7.84. The number of rotatable bonds is 4. The van der Waals surface area contributed by atoms with Gasteiger partial charge in [-0.1, -0.05) is 6.07 Å². The summed E-state index contributed by atoms with van der Waals surface area (Å²) in [6, 6.07) is 6.90. The molecule has 3 heteroatoms. The molecule has 0 bridgehead atoms. The molecule has 2 aromatic rings. The average molecular weight is 215 g/mol. The molecule has 3 rings (SSSR count). The van der Waals surface area contributed by atoms with Gasteiger partial charge in [-0.3, -0.25) is 0 Å². The number of imidazole rings is 1. The van der Waals surface area contributed by atoms with Gasteiger partial charge in [0.25, 0.3) is 0 Å². The van der Waals surface area contributed by atoms with Gasteiger partial charge in [0.2, 0.25) is 0 Å². The lowest BCUT2D eigenvalue weighted by Crippen LogP contribution is -2.28. The van der Waals surface area contributed by atoms with Crippen molar-refractivity contribution in [2.24, 2.45) is 5.92 Å². The minimum absolute atomic E-state index is 0.638. The topological polar surface area (TPSA) is 29.3 Å². The van der Waals surface area contributed by atoms with E-state index in [1.807, 2.05) is 18.5 Å². The van der Waals surface area contributed by atoms with Gasteiger partial charge < -0.3 is 9.72 Å². The van der Waals surface area contributed by atoms with Crippen molar-refractivity contribution >= 4 is 5.65 Å². The predicted molar refractivity (Wildman–Crippen MR) is 64.2 cm³/mol. The van der Waals surface area contributed by atoms with Gasteiger partial charge in [0.1, 0.15) is 5.65 Å². The summed E-state index contributed by atoms with van der Waals surface area (Å²) < 4.78 is 2.15. The van der Waals surface area contributed by atoms with Crippen molar-refractivity contribution in [2.75, 3.05) is 0 Å². The number of nitrogens with one attached hydrogen (secondary N) is 1. The summed E-state index contributed by atoms with van der Waals surface area (Å²) in [7, 11) is 0. The van der Waals surface area contributed by atoms with Crippen LogP contribution < -0.4 is 5.32 Å². The van der Waals surface area contributed by atoms with E-state index in [9.17, 15) is 0 Å². The summed E-state index contributed by atoms with van der Waals surface area (Å²) in [6.07, 6.45) is 6.66. The Morgan fingerprint density at radius 2 is 2.38 bits per heavy atom. The molecule has 0 radical (unpaired) electrons. The molecular formula is C13H17N3. The maximum Gasteiger partial charge on any atom is 0.136 e. The van der Waals surface area contributed by atoms with Crippen molar-refractivity contribution in [3.63, 3.8) is 0 Å². The molecule has 1 aliphatic carbocycles. The van der Waals surface area contributed by atoms with Crippen LogP contribution in [-0.2, 0) is 6.54 Å². The van der Waals surface area contributed by atoms with Crippen LogP contribution in [0.1, 0.15) is 25.5 Å². The third-order valence-corrected chi connectivity index (χ3v) is 3.45. The summed E-state index contributed by atoms with van der Waals surface area (Å²) in [6.45, 7) is 3.21. The fraction of sp³-hybridized carbons (Fsp3) is 0.462. The zero-order chi connectivity index (χ0) is 11.0. The number of hydrogen-bond donors (Lipinski definition) is 1. The number of fused-ring (bicyclic) bond motifs is 1.